The molecule has 0 aliphatic heterocycles. The second-order valence-corrected chi connectivity index (χ2v) is 8.14. The van der Waals surface area contributed by atoms with Gasteiger partial charge in [0.2, 0.25) is 11.1 Å². The fourth-order valence-electron chi connectivity index (χ4n) is 3.34. The van der Waals surface area contributed by atoms with E-state index in [4.69, 9.17) is 4.98 Å². The van der Waals surface area contributed by atoms with Gasteiger partial charge in [-0.15, -0.1) is 10.2 Å². The number of hydrogen-bond acceptors (Lipinski definition) is 5. The van der Waals surface area contributed by atoms with Crippen molar-refractivity contribution in [1.29, 1.82) is 0 Å². The highest BCUT2D eigenvalue weighted by Gasteiger charge is 2.19. The molecule has 2 aromatic carbocycles. The molecule has 2 heterocycles. The molecule has 148 valence electrons. The van der Waals surface area contributed by atoms with Gasteiger partial charge in [0.05, 0.1) is 10.8 Å². The lowest BCUT2D eigenvalue weighted by Crippen LogP contribution is -2.22. The number of benzene rings is 2. The molecule has 1 atom stereocenters. The first-order valence-corrected chi connectivity index (χ1v) is 10.7. The van der Waals surface area contributed by atoms with Gasteiger partial charge in [0, 0.05) is 17.6 Å². The molecule has 2 aromatic heterocycles. The van der Waals surface area contributed by atoms with E-state index in [0.29, 0.717) is 5.16 Å². The van der Waals surface area contributed by atoms with Gasteiger partial charge in [0.1, 0.15) is 5.52 Å². The van der Waals surface area contributed by atoms with Crippen molar-refractivity contribution >= 4 is 45.4 Å². The summed E-state index contributed by atoms with van der Waals surface area (Å²) in [6.07, 6.45) is 0.974. The first kappa shape index (κ1) is 19.4. The number of thioether (sulfide) groups is 1. The summed E-state index contributed by atoms with van der Waals surface area (Å²) in [6.45, 7) is 6.83. The van der Waals surface area contributed by atoms with Gasteiger partial charge in [-0.2, -0.15) is 0 Å². The van der Waals surface area contributed by atoms with Gasteiger partial charge in [-0.05, 0) is 44.0 Å². The van der Waals surface area contributed by atoms with E-state index in [2.05, 4.69) is 40.0 Å². The molecule has 0 bridgehead atoms. The van der Waals surface area contributed by atoms with Crippen molar-refractivity contribution in [2.75, 3.05) is 5.32 Å². The third kappa shape index (κ3) is 3.82. The van der Waals surface area contributed by atoms with Crippen LogP contribution in [0.4, 0.5) is 5.69 Å². The van der Waals surface area contributed by atoms with Crippen LogP contribution in [0.3, 0.4) is 0 Å². The maximum absolute atomic E-state index is 12.6. The molecule has 0 radical (unpaired) electrons. The molecule has 0 unspecified atom stereocenters. The number of fused-ring (bicyclic) bond motifs is 3. The van der Waals surface area contributed by atoms with E-state index in [1.807, 2.05) is 49.4 Å². The highest BCUT2D eigenvalue weighted by atomic mass is 32.2. The van der Waals surface area contributed by atoms with Crippen molar-refractivity contribution in [2.24, 2.45) is 0 Å². The number of rotatable bonds is 6. The van der Waals surface area contributed by atoms with Gasteiger partial charge in [-0.25, -0.2) is 4.98 Å². The highest BCUT2D eigenvalue weighted by Crippen LogP contribution is 2.28. The molecule has 4 rings (SSSR count). The molecule has 0 aliphatic carbocycles. The number of anilines is 1. The van der Waals surface area contributed by atoms with E-state index in [1.54, 1.807) is 0 Å². The van der Waals surface area contributed by atoms with Crippen LogP contribution in [0.5, 0.6) is 0 Å². The van der Waals surface area contributed by atoms with E-state index in [-0.39, 0.29) is 11.2 Å². The standard InChI is InChI=1S/C22H23N5OS/c1-4-15-10-12-16(13-11-15)23-21(28)14(3)29-22-24-20-19(25-26-22)17-8-6-7-9-18(17)27(20)5-2/h6-14H,4-5H2,1-3H3,(H,23,28)/t14-/m0/s1. The molecular formula is C22H23N5OS. The quantitative estimate of drug-likeness (QED) is 0.472. The Morgan fingerprint density at radius 1 is 1.10 bits per heavy atom. The number of aromatic nitrogens is 4. The van der Waals surface area contributed by atoms with Gasteiger partial charge in [-0.1, -0.05) is 49.0 Å². The van der Waals surface area contributed by atoms with Crippen LogP contribution in [0.2, 0.25) is 0 Å². The normalized spacial score (nSPS) is 12.4. The van der Waals surface area contributed by atoms with Crippen molar-refractivity contribution in [1.82, 2.24) is 19.7 Å². The summed E-state index contributed by atoms with van der Waals surface area (Å²) in [5.41, 5.74) is 4.72. The molecule has 0 spiro atoms. The predicted molar refractivity (Wildman–Crippen MR) is 118 cm³/mol. The SMILES string of the molecule is CCc1ccc(NC(=O)[C@H](C)Sc2nnc3c4ccccc4n(CC)c3n2)cc1. The minimum atomic E-state index is -0.348. The second-order valence-electron chi connectivity index (χ2n) is 6.83. The van der Waals surface area contributed by atoms with Gasteiger partial charge in [-0.3, -0.25) is 4.79 Å². The molecule has 0 saturated carbocycles. The van der Waals surface area contributed by atoms with E-state index in [0.717, 1.165) is 40.7 Å². The summed E-state index contributed by atoms with van der Waals surface area (Å²) >= 11 is 1.31. The second kappa shape index (κ2) is 8.21. The lowest BCUT2D eigenvalue weighted by Gasteiger charge is -2.11. The number of amides is 1. The monoisotopic (exact) mass is 405 g/mol. The van der Waals surface area contributed by atoms with Crippen LogP contribution < -0.4 is 5.32 Å². The lowest BCUT2D eigenvalue weighted by molar-refractivity contribution is -0.115. The molecule has 0 saturated heterocycles. The number of nitrogens with zero attached hydrogens (tertiary/aromatic N) is 4. The summed E-state index contributed by atoms with van der Waals surface area (Å²) in [6, 6.07) is 16.0. The Balaban J connectivity index is 1.55. The number of carbonyl (C=O) groups is 1. The van der Waals surface area contributed by atoms with E-state index in [1.165, 1.54) is 17.3 Å². The Morgan fingerprint density at radius 2 is 1.86 bits per heavy atom. The molecule has 7 heteroatoms. The van der Waals surface area contributed by atoms with Crippen LogP contribution in [0.1, 0.15) is 26.3 Å². The van der Waals surface area contributed by atoms with Gasteiger partial charge in [0.15, 0.2) is 5.65 Å². The summed E-state index contributed by atoms with van der Waals surface area (Å²) in [4.78, 5) is 17.3. The topological polar surface area (TPSA) is 72.7 Å². The Kier molecular flexibility index (Phi) is 5.49. The fourth-order valence-corrected chi connectivity index (χ4v) is 4.05. The molecule has 29 heavy (non-hydrogen) atoms. The molecule has 0 fully saturated rings. The molecule has 6 nitrogen and oxygen atoms in total. The Bertz CT molecular complexity index is 1170. The number of carbonyl (C=O) groups excluding carboxylic acids is 1. The summed E-state index contributed by atoms with van der Waals surface area (Å²) in [7, 11) is 0. The lowest BCUT2D eigenvalue weighted by atomic mass is 10.1. The van der Waals surface area contributed by atoms with Crippen LogP contribution in [0.25, 0.3) is 22.1 Å². The average Bonchev–Trinajstić information content (AvgIpc) is 3.07. The zero-order valence-corrected chi connectivity index (χ0v) is 17.5. The third-order valence-corrected chi connectivity index (χ3v) is 5.90. The average molecular weight is 406 g/mol. The summed E-state index contributed by atoms with van der Waals surface area (Å²) in [5, 5.41) is 12.8. The third-order valence-electron chi connectivity index (χ3n) is 4.95. The summed E-state index contributed by atoms with van der Waals surface area (Å²) < 4.78 is 2.13. The van der Waals surface area contributed by atoms with Crippen LogP contribution >= 0.6 is 11.8 Å². The van der Waals surface area contributed by atoms with Crippen LogP contribution in [-0.4, -0.2) is 30.9 Å². The van der Waals surface area contributed by atoms with Crippen molar-refractivity contribution in [3.05, 3.63) is 54.1 Å². The Labute approximate surface area is 173 Å². The first-order valence-electron chi connectivity index (χ1n) is 9.78. The predicted octanol–water partition coefficient (Wildman–Crippen LogP) is 4.68. The van der Waals surface area contributed by atoms with Gasteiger partial charge in [0.25, 0.3) is 0 Å². The number of nitrogens with one attached hydrogen (secondary N) is 1. The van der Waals surface area contributed by atoms with E-state index < -0.39 is 0 Å². The molecule has 4 aromatic rings. The maximum atomic E-state index is 12.6. The smallest absolute Gasteiger partial charge is 0.237 e. The fraction of sp³-hybridized carbons (Fsp3) is 0.273. The van der Waals surface area contributed by atoms with E-state index >= 15 is 0 Å². The molecule has 0 aliphatic rings. The zero-order valence-electron chi connectivity index (χ0n) is 16.7. The Hall–Kier alpha value is -2.93. The highest BCUT2D eigenvalue weighted by molar-refractivity contribution is 8.00. The maximum Gasteiger partial charge on any atom is 0.237 e. The van der Waals surface area contributed by atoms with E-state index in [9.17, 15) is 4.79 Å². The number of hydrogen-bond donors (Lipinski definition) is 1. The number of para-hydroxylation sites is 1. The van der Waals surface area contributed by atoms with Crippen molar-refractivity contribution < 1.29 is 4.79 Å². The van der Waals surface area contributed by atoms with Gasteiger partial charge >= 0.3 is 0 Å². The van der Waals surface area contributed by atoms with Crippen molar-refractivity contribution in [2.45, 2.75) is 44.1 Å². The molecule has 1 N–H and O–H groups in total. The van der Waals surface area contributed by atoms with Crippen LogP contribution in [0.15, 0.2) is 53.7 Å². The zero-order chi connectivity index (χ0) is 20.4. The number of aryl methyl sites for hydroxylation is 2. The largest absolute Gasteiger partial charge is 0.325 e. The van der Waals surface area contributed by atoms with Crippen molar-refractivity contribution in [3.8, 4) is 0 Å². The van der Waals surface area contributed by atoms with Crippen LogP contribution in [0, 0.1) is 0 Å². The Morgan fingerprint density at radius 3 is 2.59 bits per heavy atom. The molecule has 1 amide bonds. The minimum absolute atomic E-state index is 0.0843. The first-order chi connectivity index (χ1) is 14.1. The van der Waals surface area contributed by atoms with Crippen LogP contribution in [-0.2, 0) is 17.8 Å². The van der Waals surface area contributed by atoms with Crippen molar-refractivity contribution in [3.63, 3.8) is 0 Å². The van der Waals surface area contributed by atoms with Gasteiger partial charge < -0.3 is 9.88 Å². The summed E-state index contributed by atoms with van der Waals surface area (Å²) in [5.74, 6) is -0.0843. The molecular weight excluding hydrogens is 382 g/mol. The minimum Gasteiger partial charge on any atom is -0.325 e.